The number of hydrogen-bond donors (Lipinski definition) is 0. The summed E-state index contributed by atoms with van der Waals surface area (Å²) < 4.78 is 12.3. The molecule has 31 heavy (non-hydrogen) atoms. The van der Waals surface area contributed by atoms with Crippen molar-refractivity contribution in [3.8, 4) is 0 Å². The molecule has 1 saturated carbocycles. The Balaban J connectivity index is 1.57. The van der Waals surface area contributed by atoms with Gasteiger partial charge in [0.25, 0.3) is 0 Å². The van der Waals surface area contributed by atoms with Crippen LogP contribution in [0.15, 0.2) is 24.4 Å². The van der Waals surface area contributed by atoms with Gasteiger partial charge in [-0.15, -0.1) is 5.10 Å². The normalized spacial score (nSPS) is 17.8. The second-order valence-corrected chi connectivity index (χ2v) is 9.51. The van der Waals surface area contributed by atoms with Crippen LogP contribution in [0.2, 0.25) is 0 Å². The number of aromatic nitrogens is 3. The van der Waals surface area contributed by atoms with Crippen LogP contribution in [0, 0.1) is 0 Å². The molecule has 1 amide bonds. The summed E-state index contributed by atoms with van der Waals surface area (Å²) in [6.07, 6.45) is 3.51. The van der Waals surface area contributed by atoms with Crippen LogP contribution in [-0.2, 0) is 21.4 Å². The molecule has 1 atom stereocenters. The van der Waals surface area contributed by atoms with E-state index in [4.69, 9.17) is 9.47 Å². The second-order valence-electron chi connectivity index (χ2n) is 9.51. The molecule has 8 nitrogen and oxygen atoms in total. The van der Waals surface area contributed by atoms with E-state index < -0.39 is 11.6 Å². The average Bonchev–Trinajstić information content (AvgIpc) is 3.28. The zero-order chi connectivity index (χ0) is 22.4. The molecule has 0 saturated heterocycles. The molecule has 1 spiro atoms. The van der Waals surface area contributed by atoms with Crippen LogP contribution >= 0.6 is 0 Å². The SMILES string of the molecule is CCOC(=O)c1cn(C(C)c2ccc3c(c2)CN(C(=O)OC(C)(C)C)CC32CC2)nn1. The largest absolute Gasteiger partial charge is 0.461 e. The minimum atomic E-state index is -0.520. The molecular weight excluding hydrogens is 396 g/mol. The maximum Gasteiger partial charge on any atom is 0.410 e. The Morgan fingerprint density at radius 1 is 1.26 bits per heavy atom. The first kappa shape index (κ1) is 21.3. The van der Waals surface area contributed by atoms with Gasteiger partial charge in [-0.25, -0.2) is 14.3 Å². The van der Waals surface area contributed by atoms with E-state index in [1.165, 1.54) is 5.56 Å². The number of esters is 1. The van der Waals surface area contributed by atoms with E-state index in [1.54, 1.807) is 17.8 Å². The number of rotatable bonds is 4. The lowest BCUT2D eigenvalue weighted by atomic mass is 9.85. The van der Waals surface area contributed by atoms with Gasteiger partial charge in [0.15, 0.2) is 5.69 Å². The summed E-state index contributed by atoms with van der Waals surface area (Å²) >= 11 is 0. The number of benzene rings is 1. The summed E-state index contributed by atoms with van der Waals surface area (Å²) in [4.78, 5) is 26.5. The summed E-state index contributed by atoms with van der Waals surface area (Å²) in [5.41, 5.74) is 3.24. The third-order valence-corrected chi connectivity index (χ3v) is 5.93. The Bertz CT molecular complexity index is 1000. The van der Waals surface area contributed by atoms with Gasteiger partial charge >= 0.3 is 12.1 Å². The predicted molar refractivity (Wildman–Crippen MR) is 114 cm³/mol. The number of amides is 1. The zero-order valence-electron chi connectivity index (χ0n) is 18.8. The van der Waals surface area contributed by atoms with E-state index in [-0.39, 0.29) is 23.2 Å². The zero-order valence-corrected chi connectivity index (χ0v) is 18.8. The number of nitrogens with zero attached hydrogens (tertiary/aromatic N) is 4. The summed E-state index contributed by atoms with van der Waals surface area (Å²) in [6.45, 7) is 10.9. The van der Waals surface area contributed by atoms with Crippen molar-refractivity contribution >= 4 is 12.1 Å². The van der Waals surface area contributed by atoms with Crippen LogP contribution < -0.4 is 0 Å². The maximum absolute atomic E-state index is 12.7. The molecule has 2 aromatic rings. The molecule has 0 radical (unpaired) electrons. The molecule has 1 aliphatic heterocycles. The maximum atomic E-state index is 12.7. The number of fused-ring (bicyclic) bond motifs is 2. The van der Waals surface area contributed by atoms with Gasteiger partial charge in [0.1, 0.15) is 5.60 Å². The van der Waals surface area contributed by atoms with Crippen molar-refractivity contribution in [1.29, 1.82) is 0 Å². The molecule has 0 N–H and O–H groups in total. The number of carbonyl (C=O) groups is 2. The highest BCUT2D eigenvalue weighted by molar-refractivity contribution is 5.86. The van der Waals surface area contributed by atoms with Crippen molar-refractivity contribution in [2.24, 2.45) is 0 Å². The minimum absolute atomic E-state index is 0.0522. The first-order valence-electron chi connectivity index (χ1n) is 10.8. The predicted octanol–water partition coefficient (Wildman–Crippen LogP) is 3.85. The third kappa shape index (κ3) is 4.29. The van der Waals surface area contributed by atoms with Gasteiger partial charge < -0.3 is 14.4 Å². The quantitative estimate of drug-likeness (QED) is 0.691. The molecular formula is C23H30N4O4. The second kappa shape index (κ2) is 7.66. The van der Waals surface area contributed by atoms with E-state index in [1.807, 2.05) is 32.6 Å². The molecule has 2 heterocycles. The molecule has 1 aromatic carbocycles. The summed E-state index contributed by atoms with van der Waals surface area (Å²) in [5.74, 6) is -0.477. The average molecular weight is 427 g/mol. The lowest BCUT2D eigenvalue weighted by Gasteiger charge is -2.36. The Kier molecular flexibility index (Phi) is 5.27. The highest BCUT2D eigenvalue weighted by Crippen LogP contribution is 2.52. The number of carbonyl (C=O) groups excluding carboxylic acids is 2. The Labute approximate surface area is 182 Å². The first-order valence-corrected chi connectivity index (χ1v) is 10.8. The lowest BCUT2D eigenvalue weighted by Crippen LogP contribution is -2.44. The Morgan fingerprint density at radius 3 is 2.65 bits per heavy atom. The number of hydrogen-bond acceptors (Lipinski definition) is 6. The topological polar surface area (TPSA) is 86.5 Å². The van der Waals surface area contributed by atoms with E-state index in [0.717, 1.165) is 24.0 Å². The standard InChI is InChI=1S/C23H30N4O4/c1-6-30-20(28)19-13-27(25-24-19)15(2)16-7-8-18-17(11-16)12-26(14-23(18)9-10-23)21(29)31-22(3,4)5/h7-8,11,13,15H,6,9-10,12,14H2,1-5H3. The Morgan fingerprint density at radius 2 is 2.00 bits per heavy atom. The van der Waals surface area contributed by atoms with Gasteiger partial charge in [-0.1, -0.05) is 23.4 Å². The molecule has 1 fully saturated rings. The van der Waals surface area contributed by atoms with Crippen molar-refractivity contribution in [2.75, 3.05) is 13.2 Å². The van der Waals surface area contributed by atoms with Crippen LogP contribution in [0.1, 0.15) is 80.7 Å². The fourth-order valence-corrected chi connectivity index (χ4v) is 4.18. The van der Waals surface area contributed by atoms with Crippen LogP contribution in [0.4, 0.5) is 4.79 Å². The van der Waals surface area contributed by atoms with Gasteiger partial charge in [-0.2, -0.15) is 0 Å². The van der Waals surface area contributed by atoms with Crippen molar-refractivity contribution in [1.82, 2.24) is 19.9 Å². The molecule has 0 bridgehead atoms. The van der Waals surface area contributed by atoms with Crippen molar-refractivity contribution < 1.29 is 19.1 Å². The van der Waals surface area contributed by atoms with Crippen LogP contribution in [0.3, 0.4) is 0 Å². The molecule has 166 valence electrons. The van der Waals surface area contributed by atoms with E-state index >= 15 is 0 Å². The van der Waals surface area contributed by atoms with Gasteiger partial charge in [0.05, 0.1) is 18.8 Å². The minimum Gasteiger partial charge on any atom is -0.461 e. The molecule has 1 unspecified atom stereocenters. The van der Waals surface area contributed by atoms with Crippen molar-refractivity contribution in [2.45, 2.75) is 71.1 Å². The highest BCUT2D eigenvalue weighted by Gasteiger charge is 2.50. The van der Waals surface area contributed by atoms with Gasteiger partial charge in [0.2, 0.25) is 0 Å². The van der Waals surface area contributed by atoms with Gasteiger partial charge in [-0.05, 0) is 64.2 Å². The molecule has 1 aromatic heterocycles. The van der Waals surface area contributed by atoms with Crippen molar-refractivity contribution in [3.05, 3.63) is 46.8 Å². The molecule has 2 aliphatic rings. The fourth-order valence-electron chi connectivity index (χ4n) is 4.18. The van der Waals surface area contributed by atoms with Gasteiger partial charge in [-0.3, -0.25) is 0 Å². The molecule has 8 heteroatoms. The van der Waals surface area contributed by atoms with Crippen LogP contribution in [0.25, 0.3) is 0 Å². The van der Waals surface area contributed by atoms with Gasteiger partial charge in [0, 0.05) is 18.5 Å². The molecule has 4 rings (SSSR count). The summed E-state index contributed by atoms with van der Waals surface area (Å²) in [5, 5.41) is 8.05. The third-order valence-electron chi connectivity index (χ3n) is 5.93. The van der Waals surface area contributed by atoms with E-state index in [0.29, 0.717) is 19.7 Å². The van der Waals surface area contributed by atoms with Crippen molar-refractivity contribution in [3.63, 3.8) is 0 Å². The summed E-state index contributed by atoms with van der Waals surface area (Å²) in [6, 6.07) is 6.32. The van der Waals surface area contributed by atoms with Crippen LogP contribution in [0.5, 0.6) is 0 Å². The lowest BCUT2D eigenvalue weighted by molar-refractivity contribution is 0.0196. The molecule has 1 aliphatic carbocycles. The van der Waals surface area contributed by atoms with E-state index in [2.05, 4.69) is 28.5 Å². The van der Waals surface area contributed by atoms with E-state index in [9.17, 15) is 9.59 Å². The smallest absolute Gasteiger partial charge is 0.410 e. The monoisotopic (exact) mass is 426 g/mol. The summed E-state index contributed by atoms with van der Waals surface area (Å²) in [7, 11) is 0. The Hall–Kier alpha value is -2.90. The fraction of sp³-hybridized carbons (Fsp3) is 0.565. The first-order chi connectivity index (χ1) is 14.6. The highest BCUT2D eigenvalue weighted by atomic mass is 16.6. The number of ether oxygens (including phenoxy) is 2. The van der Waals surface area contributed by atoms with Crippen LogP contribution in [-0.4, -0.2) is 50.7 Å².